The zero-order chi connectivity index (χ0) is 12.3. The third-order valence-corrected chi connectivity index (χ3v) is 3.67. The summed E-state index contributed by atoms with van der Waals surface area (Å²) in [5.74, 6) is -0.863. The molecular weight excluding hydrogens is 208 g/mol. The van der Waals surface area contributed by atoms with E-state index < -0.39 is 23.8 Å². The van der Waals surface area contributed by atoms with E-state index in [1.165, 1.54) is 0 Å². The van der Waals surface area contributed by atoms with E-state index in [0.29, 0.717) is 0 Å². The van der Waals surface area contributed by atoms with E-state index in [0.717, 1.165) is 25.7 Å². The van der Waals surface area contributed by atoms with Gasteiger partial charge in [0.2, 0.25) is 0 Å². The number of carbonyl (C=O) groups is 1. The molecule has 0 heterocycles. The van der Waals surface area contributed by atoms with Gasteiger partial charge in [0.15, 0.2) is 5.60 Å². The summed E-state index contributed by atoms with van der Waals surface area (Å²) in [6.07, 6.45) is 2.83. The van der Waals surface area contributed by atoms with Crippen LogP contribution < -0.4 is 0 Å². The lowest BCUT2D eigenvalue weighted by molar-refractivity contribution is -0.187. The van der Waals surface area contributed by atoms with Crippen molar-refractivity contribution in [3.63, 3.8) is 0 Å². The lowest BCUT2D eigenvalue weighted by Crippen LogP contribution is -2.48. The smallest absolute Gasteiger partial charge is 0.335 e. The Labute approximate surface area is 96.6 Å². The van der Waals surface area contributed by atoms with E-state index in [4.69, 9.17) is 4.74 Å². The summed E-state index contributed by atoms with van der Waals surface area (Å²) in [4.78, 5) is 11.4. The van der Waals surface area contributed by atoms with Crippen LogP contribution in [0.4, 0.5) is 0 Å². The summed E-state index contributed by atoms with van der Waals surface area (Å²) in [6.45, 7) is 4.95. The Morgan fingerprint density at radius 1 is 1.38 bits per heavy atom. The number of hydrogen-bond donors (Lipinski definition) is 2. The molecule has 0 aromatic carbocycles. The monoisotopic (exact) mass is 230 g/mol. The normalized spacial score (nSPS) is 25.0. The van der Waals surface area contributed by atoms with Crippen LogP contribution in [0.2, 0.25) is 0 Å². The van der Waals surface area contributed by atoms with Gasteiger partial charge in [0.25, 0.3) is 0 Å². The molecule has 0 spiro atoms. The number of rotatable bonds is 5. The van der Waals surface area contributed by atoms with Crippen molar-refractivity contribution < 1.29 is 19.7 Å². The highest BCUT2D eigenvalue weighted by molar-refractivity contribution is 5.77. The molecule has 0 amide bonds. The Hall–Kier alpha value is -0.610. The summed E-state index contributed by atoms with van der Waals surface area (Å²) in [5.41, 5.74) is -1.16. The third kappa shape index (κ3) is 2.74. The predicted molar refractivity (Wildman–Crippen MR) is 60.2 cm³/mol. The molecule has 1 aliphatic rings. The zero-order valence-electron chi connectivity index (χ0n) is 10.3. The molecule has 3 atom stereocenters. The van der Waals surface area contributed by atoms with Crippen molar-refractivity contribution in [2.24, 2.45) is 5.92 Å². The molecule has 1 fully saturated rings. The fourth-order valence-corrected chi connectivity index (χ4v) is 2.28. The van der Waals surface area contributed by atoms with Crippen LogP contribution in [0.5, 0.6) is 0 Å². The first-order chi connectivity index (χ1) is 7.38. The van der Waals surface area contributed by atoms with E-state index in [1.54, 1.807) is 20.8 Å². The van der Waals surface area contributed by atoms with Gasteiger partial charge in [0, 0.05) is 0 Å². The second-order valence-corrected chi connectivity index (χ2v) is 4.96. The molecule has 0 aliphatic heterocycles. The van der Waals surface area contributed by atoms with Gasteiger partial charge in [-0.3, -0.25) is 0 Å². The molecular formula is C12H22O4. The highest BCUT2D eigenvalue weighted by Crippen LogP contribution is 2.37. The van der Waals surface area contributed by atoms with Crippen LogP contribution in [-0.2, 0) is 9.53 Å². The first-order valence-corrected chi connectivity index (χ1v) is 5.97. The molecule has 16 heavy (non-hydrogen) atoms. The van der Waals surface area contributed by atoms with Crippen LogP contribution in [0.15, 0.2) is 0 Å². The highest BCUT2D eigenvalue weighted by Gasteiger charge is 2.45. The molecule has 0 bridgehead atoms. The fourth-order valence-electron chi connectivity index (χ4n) is 2.28. The molecule has 0 radical (unpaired) electrons. The highest BCUT2D eigenvalue weighted by atomic mass is 16.5. The molecule has 0 aromatic rings. The SMILES string of the molecule is CC(O)C(C)OC(C)(C(=O)O)C1CCCC1. The molecule has 0 aromatic heterocycles. The average Bonchev–Trinajstić information content (AvgIpc) is 2.69. The number of aliphatic hydroxyl groups is 1. The minimum absolute atomic E-state index is 0.0613. The molecule has 3 unspecified atom stereocenters. The van der Waals surface area contributed by atoms with Crippen LogP contribution in [0.1, 0.15) is 46.5 Å². The van der Waals surface area contributed by atoms with Crippen molar-refractivity contribution in [2.45, 2.75) is 64.3 Å². The second-order valence-electron chi connectivity index (χ2n) is 4.96. The van der Waals surface area contributed by atoms with Crippen molar-refractivity contribution in [2.75, 3.05) is 0 Å². The summed E-state index contributed by atoms with van der Waals surface area (Å²) in [6, 6.07) is 0. The van der Waals surface area contributed by atoms with E-state index in [-0.39, 0.29) is 5.92 Å². The fraction of sp³-hybridized carbons (Fsp3) is 0.917. The number of carboxylic acids is 1. The summed E-state index contributed by atoms with van der Waals surface area (Å²) < 4.78 is 5.60. The van der Waals surface area contributed by atoms with Crippen LogP contribution in [0, 0.1) is 5.92 Å². The van der Waals surface area contributed by atoms with Gasteiger partial charge in [-0.25, -0.2) is 4.79 Å². The molecule has 4 heteroatoms. The van der Waals surface area contributed by atoms with E-state index >= 15 is 0 Å². The van der Waals surface area contributed by atoms with Crippen LogP contribution in [-0.4, -0.2) is 34.0 Å². The van der Waals surface area contributed by atoms with Gasteiger partial charge in [-0.15, -0.1) is 0 Å². The minimum atomic E-state index is -1.16. The first-order valence-electron chi connectivity index (χ1n) is 5.97. The van der Waals surface area contributed by atoms with Gasteiger partial charge in [0.1, 0.15) is 0 Å². The standard InChI is InChI=1S/C12H22O4/c1-8(13)9(2)16-12(3,11(14)15)10-6-4-5-7-10/h8-10,13H,4-7H2,1-3H3,(H,14,15). The van der Waals surface area contributed by atoms with Crippen molar-refractivity contribution in [3.05, 3.63) is 0 Å². The number of hydrogen-bond acceptors (Lipinski definition) is 3. The summed E-state index contributed by atoms with van der Waals surface area (Å²) in [5, 5.41) is 18.7. The Balaban J connectivity index is 2.75. The quantitative estimate of drug-likeness (QED) is 0.756. The zero-order valence-corrected chi connectivity index (χ0v) is 10.3. The van der Waals surface area contributed by atoms with Crippen LogP contribution in [0.25, 0.3) is 0 Å². The van der Waals surface area contributed by atoms with Crippen molar-refractivity contribution >= 4 is 5.97 Å². The Morgan fingerprint density at radius 3 is 2.25 bits per heavy atom. The largest absolute Gasteiger partial charge is 0.479 e. The van der Waals surface area contributed by atoms with Crippen LogP contribution >= 0.6 is 0 Å². The van der Waals surface area contributed by atoms with Gasteiger partial charge in [0.05, 0.1) is 12.2 Å². The average molecular weight is 230 g/mol. The van der Waals surface area contributed by atoms with Gasteiger partial charge >= 0.3 is 5.97 Å². The van der Waals surface area contributed by atoms with Gasteiger partial charge in [-0.1, -0.05) is 12.8 Å². The number of ether oxygens (including phenoxy) is 1. The number of aliphatic carboxylic acids is 1. The first kappa shape index (κ1) is 13.5. The molecule has 4 nitrogen and oxygen atoms in total. The third-order valence-electron chi connectivity index (χ3n) is 3.67. The lowest BCUT2D eigenvalue weighted by atomic mass is 9.87. The minimum Gasteiger partial charge on any atom is -0.479 e. The number of aliphatic hydroxyl groups excluding tert-OH is 1. The van der Waals surface area contributed by atoms with Crippen molar-refractivity contribution in [1.82, 2.24) is 0 Å². The Morgan fingerprint density at radius 2 is 1.88 bits per heavy atom. The van der Waals surface area contributed by atoms with Gasteiger partial charge in [-0.05, 0) is 39.5 Å². The maximum absolute atomic E-state index is 11.4. The Kier molecular flexibility index (Phi) is 4.33. The molecule has 0 saturated heterocycles. The summed E-state index contributed by atoms with van der Waals surface area (Å²) >= 11 is 0. The molecule has 2 N–H and O–H groups in total. The lowest BCUT2D eigenvalue weighted by Gasteiger charge is -2.35. The molecule has 1 aliphatic carbocycles. The predicted octanol–water partition coefficient (Wildman–Crippen LogP) is 1.81. The van der Waals surface area contributed by atoms with Gasteiger partial charge in [-0.2, -0.15) is 0 Å². The molecule has 94 valence electrons. The van der Waals surface area contributed by atoms with E-state index in [1.807, 2.05) is 0 Å². The van der Waals surface area contributed by atoms with E-state index in [9.17, 15) is 15.0 Å². The molecule has 1 rings (SSSR count). The van der Waals surface area contributed by atoms with Gasteiger partial charge < -0.3 is 14.9 Å². The summed E-state index contributed by atoms with van der Waals surface area (Å²) in [7, 11) is 0. The van der Waals surface area contributed by atoms with E-state index in [2.05, 4.69) is 0 Å². The van der Waals surface area contributed by atoms with Crippen molar-refractivity contribution in [1.29, 1.82) is 0 Å². The maximum atomic E-state index is 11.4. The van der Waals surface area contributed by atoms with Crippen molar-refractivity contribution in [3.8, 4) is 0 Å². The topological polar surface area (TPSA) is 66.8 Å². The Bertz CT molecular complexity index is 245. The number of carboxylic acid groups (broad SMARTS) is 1. The maximum Gasteiger partial charge on any atom is 0.335 e. The second kappa shape index (κ2) is 5.15. The van der Waals surface area contributed by atoms with Crippen LogP contribution in [0.3, 0.4) is 0 Å². The molecule has 1 saturated carbocycles.